The zero-order chi connectivity index (χ0) is 25.1. The van der Waals surface area contributed by atoms with Crippen LogP contribution in [0, 0.1) is 3.57 Å². The van der Waals surface area contributed by atoms with Gasteiger partial charge in [-0.1, -0.05) is 60.7 Å². The van der Waals surface area contributed by atoms with Gasteiger partial charge in [-0.25, -0.2) is 0 Å². The summed E-state index contributed by atoms with van der Waals surface area (Å²) in [6.07, 6.45) is 3.49. The standard InChI is InChI=1S/C32H19IN2O2/c33-26-17-25(32(37)29-22(26)12-11-19-8-5-14-34-30(19)29)20-13-15-35-31-24(20)16-23(18-6-2-1-3-7-18)21-9-4-10-27(36)28(21)31/h1-17,36-37H. The summed E-state index contributed by atoms with van der Waals surface area (Å²) in [5.74, 6) is 0.364. The highest BCUT2D eigenvalue weighted by Crippen LogP contribution is 2.46. The van der Waals surface area contributed by atoms with Gasteiger partial charge in [0.1, 0.15) is 11.5 Å². The summed E-state index contributed by atoms with van der Waals surface area (Å²) < 4.78 is 1.02. The van der Waals surface area contributed by atoms with Crippen LogP contribution in [-0.4, -0.2) is 20.2 Å². The van der Waals surface area contributed by atoms with Gasteiger partial charge in [0.25, 0.3) is 0 Å². The molecule has 4 nitrogen and oxygen atoms in total. The lowest BCUT2D eigenvalue weighted by molar-refractivity contribution is 0.482. The normalized spacial score (nSPS) is 11.6. The second-order valence-electron chi connectivity index (χ2n) is 9.06. The van der Waals surface area contributed by atoms with E-state index in [0.29, 0.717) is 16.5 Å². The Morgan fingerprint density at radius 1 is 0.568 bits per heavy atom. The smallest absolute Gasteiger partial charge is 0.133 e. The molecule has 0 spiro atoms. The van der Waals surface area contributed by atoms with Crippen molar-refractivity contribution in [3.63, 3.8) is 0 Å². The van der Waals surface area contributed by atoms with E-state index in [0.717, 1.165) is 52.7 Å². The van der Waals surface area contributed by atoms with E-state index < -0.39 is 0 Å². The lowest BCUT2D eigenvalue weighted by Crippen LogP contribution is -1.92. The third-order valence-electron chi connectivity index (χ3n) is 7.02. The van der Waals surface area contributed by atoms with E-state index in [-0.39, 0.29) is 11.5 Å². The predicted molar refractivity (Wildman–Crippen MR) is 159 cm³/mol. The van der Waals surface area contributed by atoms with Gasteiger partial charge in [0.15, 0.2) is 0 Å². The van der Waals surface area contributed by atoms with Crippen molar-refractivity contribution in [2.24, 2.45) is 0 Å². The zero-order valence-corrected chi connectivity index (χ0v) is 21.6. The van der Waals surface area contributed by atoms with Crippen LogP contribution in [0.1, 0.15) is 0 Å². The molecule has 0 radical (unpaired) electrons. The van der Waals surface area contributed by atoms with Crippen LogP contribution < -0.4 is 0 Å². The summed E-state index contributed by atoms with van der Waals surface area (Å²) in [5.41, 5.74) is 5.05. The van der Waals surface area contributed by atoms with E-state index >= 15 is 0 Å². The van der Waals surface area contributed by atoms with Gasteiger partial charge in [-0.05, 0) is 75.0 Å². The molecule has 5 aromatic carbocycles. The number of aromatic nitrogens is 2. The van der Waals surface area contributed by atoms with Crippen molar-refractivity contribution in [1.29, 1.82) is 0 Å². The third-order valence-corrected chi connectivity index (χ3v) is 7.91. The van der Waals surface area contributed by atoms with Gasteiger partial charge in [0.05, 0.1) is 21.8 Å². The predicted octanol–water partition coefficient (Wildman–Crippen LogP) is 8.44. The molecule has 2 aromatic heterocycles. The molecule has 0 fully saturated rings. The molecule has 0 amide bonds. The Morgan fingerprint density at radius 3 is 2.27 bits per heavy atom. The number of hydrogen-bond donors (Lipinski definition) is 2. The Morgan fingerprint density at radius 2 is 1.41 bits per heavy atom. The fraction of sp³-hybridized carbons (Fsp3) is 0. The van der Waals surface area contributed by atoms with E-state index in [1.54, 1.807) is 18.5 Å². The molecule has 0 aliphatic carbocycles. The summed E-state index contributed by atoms with van der Waals surface area (Å²) in [6, 6.07) is 29.7. The molecule has 7 rings (SSSR count). The van der Waals surface area contributed by atoms with Crippen LogP contribution >= 0.6 is 22.6 Å². The van der Waals surface area contributed by atoms with Crippen molar-refractivity contribution >= 4 is 65.9 Å². The van der Waals surface area contributed by atoms with Gasteiger partial charge >= 0.3 is 0 Å². The Kier molecular flexibility index (Phi) is 5.01. The van der Waals surface area contributed by atoms with Crippen LogP contribution in [-0.2, 0) is 0 Å². The number of pyridine rings is 2. The molecule has 0 unspecified atom stereocenters. The molecule has 0 aliphatic heterocycles. The van der Waals surface area contributed by atoms with Crippen LogP contribution in [0.15, 0.2) is 103 Å². The SMILES string of the molecule is Oc1c(-c2ccnc3c2cc(-c2ccccc2)c2cccc(O)c23)cc(I)c2ccc3cccnc3c12. The highest BCUT2D eigenvalue weighted by Gasteiger charge is 2.20. The van der Waals surface area contributed by atoms with E-state index in [9.17, 15) is 10.2 Å². The van der Waals surface area contributed by atoms with Crippen LogP contribution in [0.5, 0.6) is 11.5 Å². The van der Waals surface area contributed by atoms with E-state index in [1.807, 2.05) is 66.7 Å². The maximum absolute atomic E-state index is 11.7. The van der Waals surface area contributed by atoms with E-state index in [1.165, 1.54) is 0 Å². The highest BCUT2D eigenvalue weighted by molar-refractivity contribution is 14.1. The Labute approximate surface area is 226 Å². The van der Waals surface area contributed by atoms with Gasteiger partial charge < -0.3 is 10.2 Å². The minimum absolute atomic E-state index is 0.178. The van der Waals surface area contributed by atoms with Crippen molar-refractivity contribution in [1.82, 2.24) is 9.97 Å². The second-order valence-corrected chi connectivity index (χ2v) is 10.2. The largest absolute Gasteiger partial charge is 0.507 e. The molecule has 5 heteroatoms. The average Bonchev–Trinajstić information content (AvgIpc) is 2.94. The van der Waals surface area contributed by atoms with E-state index in [4.69, 9.17) is 4.98 Å². The fourth-order valence-electron chi connectivity index (χ4n) is 5.34. The van der Waals surface area contributed by atoms with Crippen LogP contribution in [0.3, 0.4) is 0 Å². The van der Waals surface area contributed by atoms with Crippen LogP contribution in [0.4, 0.5) is 0 Å². The lowest BCUT2D eigenvalue weighted by atomic mass is 9.90. The number of benzene rings is 5. The quantitative estimate of drug-likeness (QED) is 0.157. The first-order valence-corrected chi connectivity index (χ1v) is 13.0. The minimum Gasteiger partial charge on any atom is -0.507 e. The van der Waals surface area contributed by atoms with Gasteiger partial charge in [-0.2, -0.15) is 0 Å². The van der Waals surface area contributed by atoms with Gasteiger partial charge in [0, 0.05) is 37.7 Å². The Balaban J connectivity index is 1.64. The number of phenols is 2. The van der Waals surface area contributed by atoms with Crippen molar-refractivity contribution in [2.75, 3.05) is 0 Å². The molecule has 0 bridgehead atoms. The molecule has 176 valence electrons. The van der Waals surface area contributed by atoms with Gasteiger partial charge in [0.2, 0.25) is 0 Å². The average molecular weight is 590 g/mol. The third kappa shape index (κ3) is 3.34. The first kappa shape index (κ1) is 22.0. The molecule has 0 saturated heterocycles. The summed E-state index contributed by atoms with van der Waals surface area (Å²) in [5, 5.41) is 27.8. The molecule has 0 aliphatic rings. The topological polar surface area (TPSA) is 66.2 Å². The van der Waals surface area contributed by atoms with Gasteiger partial charge in [-0.15, -0.1) is 0 Å². The molecule has 0 atom stereocenters. The number of fused-ring (bicyclic) bond motifs is 6. The van der Waals surface area contributed by atoms with Crippen molar-refractivity contribution < 1.29 is 10.2 Å². The maximum Gasteiger partial charge on any atom is 0.133 e. The number of hydrogen-bond acceptors (Lipinski definition) is 4. The fourth-order valence-corrected chi connectivity index (χ4v) is 6.10. The zero-order valence-electron chi connectivity index (χ0n) is 19.5. The molecule has 37 heavy (non-hydrogen) atoms. The summed E-state index contributed by atoms with van der Waals surface area (Å²) in [7, 11) is 0. The van der Waals surface area contributed by atoms with E-state index in [2.05, 4.69) is 45.8 Å². The molecular formula is C32H19IN2O2. The second kappa shape index (κ2) is 8.42. The van der Waals surface area contributed by atoms with Crippen LogP contribution in [0.25, 0.3) is 65.6 Å². The summed E-state index contributed by atoms with van der Waals surface area (Å²) in [4.78, 5) is 9.31. The van der Waals surface area contributed by atoms with Crippen LogP contribution in [0.2, 0.25) is 0 Å². The first-order valence-electron chi connectivity index (χ1n) is 11.9. The van der Waals surface area contributed by atoms with Gasteiger partial charge in [-0.3, -0.25) is 9.97 Å². The minimum atomic E-state index is 0.178. The Bertz CT molecular complexity index is 2020. The Hall–Kier alpha value is -4.23. The first-order chi connectivity index (χ1) is 18.1. The van der Waals surface area contributed by atoms with Crippen molar-refractivity contribution in [2.45, 2.75) is 0 Å². The lowest BCUT2D eigenvalue weighted by Gasteiger charge is -2.16. The highest BCUT2D eigenvalue weighted by atomic mass is 127. The summed E-state index contributed by atoms with van der Waals surface area (Å²) >= 11 is 2.32. The molecular weight excluding hydrogens is 571 g/mol. The molecule has 2 N–H and O–H groups in total. The maximum atomic E-state index is 11.7. The number of nitrogens with zero attached hydrogens (tertiary/aromatic N) is 2. The molecule has 2 heterocycles. The van der Waals surface area contributed by atoms with Crippen molar-refractivity contribution in [3.05, 3.63) is 107 Å². The van der Waals surface area contributed by atoms with Crippen molar-refractivity contribution in [3.8, 4) is 33.8 Å². The number of phenolic OH excluding ortho intramolecular Hbond substituents is 2. The molecule has 0 saturated carbocycles. The number of rotatable bonds is 2. The monoisotopic (exact) mass is 590 g/mol. The number of aromatic hydroxyl groups is 2. The number of halogens is 1. The molecule has 7 aromatic rings. The summed E-state index contributed by atoms with van der Waals surface area (Å²) in [6.45, 7) is 0.